The summed E-state index contributed by atoms with van der Waals surface area (Å²) in [5, 5.41) is 12.0. The first-order valence-electron chi connectivity index (χ1n) is 9.06. The zero-order chi connectivity index (χ0) is 21.2. The maximum Gasteiger partial charge on any atom is 0.268 e. The number of nitrogens with zero attached hydrogens (tertiary/aromatic N) is 2. The lowest BCUT2D eigenvalue weighted by Gasteiger charge is -2.41. The van der Waals surface area contributed by atoms with Crippen molar-refractivity contribution in [3.63, 3.8) is 0 Å². The van der Waals surface area contributed by atoms with Gasteiger partial charge in [-0.15, -0.1) is 0 Å². The Hall–Kier alpha value is -3.53. The van der Waals surface area contributed by atoms with Crippen molar-refractivity contribution in [1.29, 1.82) is 5.26 Å². The lowest BCUT2D eigenvalue weighted by atomic mass is 9.84. The van der Waals surface area contributed by atoms with Crippen molar-refractivity contribution in [1.82, 2.24) is 10.2 Å². The Kier molecular flexibility index (Phi) is 5.46. The highest BCUT2D eigenvalue weighted by Gasteiger charge is 2.46. The molecule has 1 aliphatic rings. The molecule has 7 heteroatoms. The zero-order valence-corrected chi connectivity index (χ0v) is 16.0. The van der Waals surface area contributed by atoms with Crippen molar-refractivity contribution in [2.45, 2.75) is 25.3 Å². The van der Waals surface area contributed by atoms with Gasteiger partial charge in [-0.3, -0.25) is 9.59 Å². The van der Waals surface area contributed by atoms with Crippen molar-refractivity contribution in [3.8, 4) is 6.07 Å². The van der Waals surface area contributed by atoms with Crippen LogP contribution in [0.1, 0.15) is 30.0 Å². The number of nitrogens with one attached hydrogen (secondary N) is 1. The van der Waals surface area contributed by atoms with Crippen molar-refractivity contribution in [2.75, 3.05) is 7.05 Å². The molecule has 5 nitrogen and oxygen atoms in total. The molecular formula is C22H19F2N3O2. The van der Waals surface area contributed by atoms with E-state index in [0.717, 1.165) is 0 Å². The van der Waals surface area contributed by atoms with Gasteiger partial charge < -0.3 is 10.2 Å². The number of halogens is 2. The largest absolute Gasteiger partial charge is 0.336 e. The van der Waals surface area contributed by atoms with Crippen LogP contribution in [0.2, 0.25) is 0 Å². The van der Waals surface area contributed by atoms with Crippen LogP contribution in [0.5, 0.6) is 0 Å². The molecule has 29 heavy (non-hydrogen) atoms. The Morgan fingerprint density at radius 1 is 1.17 bits per heavy atom. The highest BCUT2D eigenvalue weighted by Crippen LogP contribution is 2.28. The molecule has 0 radical (unpaired) electrons. The van der Waals surface area contributed by atoms with Gasteiger partial charge in [-0.25, -0.2) is 8.78 Å². The number of carbonyl (C=O) groups is 2. The predicted octanol–water partition coefficient (Wildman–Crippen LogP) is 3.16. The standard InChI is InChI=1S/C22H19F2N3O2/c1-3-22(12-14-7-9-16(23)10-8-14)21(29)27(2)19(20(28)26-22)11-17-15(13-25)5-4-6-18(17)24/h4-11H,3,12H2,1-2H3,(H,26,28)/b19-11+. The molecule has 2 aromatic rings. The fourth-order valence-corrected chi connectivity index (χ4v) is 3.43. The number of carbonyl (C=O) groups excluding carboxylic acids is 2. The van der Waals surface area contributed by atoms with Crippen molar-refractivity contribution in [2.24, 2.45) is 0 Å². The predicted molar refractivity (Wildman–Crippen MR) is 103 cm³/mol. The molecule has 3 rings (SSSR count). The van der Waals surface area contributed by atoms with Crippen LogP contribution in [-0.4, -0.2) is 29.3 Å². The molecule has 1 aliphatic heterocycles. The van der Waals surface area contributed by atoms with Crippen LogP contribution in [0.3, 0.4) is 0 Å². The van der Waals surface area contributed by atoms with E-state index in [1.165, 1.54) is 48.4 Å². The SMILES string of the molecule is CCC1(Cc2ccc(F)cc2)NC(=O)/C(=C\c2c(F)cccc2C#N)N(C)C1=O. The third-order valence-electron chi connectivity index (χ3n) is 5.14. The number of hydrogen-bond donors (Lipinski definition) is 1. The molecule has 0 spiro atoms. The summed E-state index contributed by atoms with van der Waals surface area (Å²) in [6.45, 7) is 1.77. The summed E-state index contributed by atoms with van der Waals surface area (Å²) in [6, 6.07) is 11.6. The number of likely N-dealkylation sites (N-methyl/N-ethyl adjacent to an activating group) is 1. The third kappa shape index (κ3) is 3.74. The molecule has 1 fully saturated rings. The van der Waals surface area contributed by atoms with Crippen molar-refractivity contribution >= 4 is 17.9 Å². The molecule has 0 aromatic heterocycles. The summed E-state index contributed by atoms with van der Waals surface area (Å²) in [5.74, 6) is -1.98. The first-order valence-corrected chi connectivity index (χ1v) is 9.06. The molecule has 2 aromatic carbocycles. The molecule has 1 saturated heterocycles. The van der Waals surface area contributed by atoms with Gasteiger partial charge in [-0.2, -0.15) is 5.26 Å². The minimum Gasteiger partial charge on any atom is -0.336 e. The summed E-state index contributed by atoms with van der Waals surface area (Å²) in [4.78, 5) is 27.2. The Balaban J connectivity index is 1.98. The number of rotatable bonds is 4. The Morgan fingerprint density at radius 3 is 2.48 bits per heavy atom. The van der Waals surface area contributed by atoms with Crippen LogP contribution in [0, 0.1) is 23.0 Å². The van der Waals surface area contributed by atoms with Gasteiger partial charge in [0.25, 0.3) is 11.8 Å². The second-order valence-electron chi connectivity index (χ2n) is 6.90. The van der Waals surface area contributed by atoms with Crippen molar-refractivity contribution in [3.05, 3.63) is 76.5 Å². The van der Waals surface area contributed by atoms with Crippen LogP contribution >= 0.6 is 0 Å². The molecule has 1 unspecified atom stereocenters. The third-order valence-corrected chi connectivity index (χ3v) is 5.14. The van der Waals surface area contributed by atoms with Gasteiger partial charge in [0.15, 0.2) is 0 Å². The second kappa shape index (κ2) is 7.84. The highest BCUT2D eigenvalue weighted by atomic mass is 19.1. The topological polar surface area (TPSA) is 73.2 Å². The average Bonchev–Trinajstić information content (AvgIpc) is 2.71. The normalized spacial score (nSPS) is 20.5. The minimum absolute atomic E-state index is 0.0534. The van der Waals surface area contributed by atoms with Gasteiger partial charge in [-0.1, -0.05) is 25.1 Å². The molecule has 0 bridgehead atoms. The first-order chi connectivity index (χ1) is 13.8. The molecule has 2 amide bonds. The maximum atomic E-state index is 14.2. The summed E-state index contributed by atoms with van der Waals surface area (Å²) < 4.78 is 27.4. The monoisotopic (exact) mass is 395 g/mol. The van der Waals surface area contributed by atoms with E-state index < -0.39 is 17.3 Å². The first kappa shape index (κ1) is 20.2. The summed E-state index contributed by atoms with van der Waals surface area (Å²) in [6.07, 6.45) is 1.71. The lowest BCUT2D eigenvalue weighted by Crippen LogP contribution is -2.65. The highest BCUT2D eigenvalue weighted by molar-refractivity contribution is 6.09. The quantitative estimate of drug-likeness (QED) is 0.809. The smallest absolute Gasteiger partial charge is 0.268 e. The van der Waals surface area contributed by atoms with E-state index in [-0.39, 0.29) is 35.0 Å². The maximum absolute atomic E-state index is 14.2. The molecule has 148 valence electrons. The van der Waals surface area contributed by atoms with Gasteiger partial charge in [0.05, 0.1) is 11.6 Å². The van der Waals surface area contributed by atoms with E-state index >= 15 is 0 Å². The summed E-state index contributed by atoms with van der Waals surface area (Å²) in [5.41, 5.74) is -0.551. The summed E-state index contributed by atoms with van der Waals surface area (Å²) in [7, 11) is 1.44. The lowest BCUT2D eigenvalue weighted by molar-refractivity contribution is -0.144. The zero-order valence-electron chi connectivity index (χ0n) is 16.0. The van der Waals surface area contributed by atoms with Gasteiger partial charge in [-0.05, 0) is 42.3 Å². The number of benzene rings is 2. The molecule has 1 atom stereocenters. The van der Waals surface area contributed by atoms with Crippen LogP contribution in [0.4, 0.5) is 8.78 Å². The molecule has 0 saturated carbocycles. The fraction of sp³-hybridized carbons (Fsp3) is 0.227. The van der Waals surface area contributed by atoms with E-state index in [1.54, 1.807) is 19.1 Å². The van der Waals surface area contributed by atoms with Crippen LogP contribution in [-0.2, 0) is 16.0 Å². The second-order valence-corrected chi connectivity index (χ2v) is 6.90. The molecule has 0 aliphatic carbocycles. The van der Waals surface area contributed by atoms with Gasteiger partial charge in [0.1, 0.15) is 22.9 Å². The molecular weight excluding hydrogens is 376 g/mol. The average molecular weight is 395 g/mol. The van der Waals surface area contributed by atoms with Crippen LogP contribution < -0.4 is 5.32 Å². The number of amides is 2. The van der Waals surface area contributed by atoms with Crippen molar-refractivity contribution < 1.29 is 18.4 Å². The van der Waals surface area contributed by atoms with Gasteiger partial charge >= 0.3 is 0 Å². The van der Waals surface area contributed by atoms with E-state index in [9.17, 15) is 23.6 Å². The Morgan fingerprint density at radius 2 is 1.86 bits per heavy atom. The molecule has 1 heterocycles. The Bertz CT molecular complexity index is 1040. The van der Waals surface area contributed by atoms with E-state index in [0.29, 0.717) is 12.0 Å². The minimum atomic E-state index is -1.20. The number of hydrogen-bond acceptors (Lipinski definition) is 3. The fourth-order valence-electron chi connectivity index (χ4n) is 3.43. The van der Waals surface area contributed by atoms with Crippen LogP contribution in [0.25, 0.3) is 6.08 Å². The van der Waals surface area contributed by atoms with Gasteiger partial charge in [0, 0.05) is 19.0 Å². The van der Waals surface area contributed by atoms with E-state index in [2.05, 4.69) is 5.32 Å². The van der Waals surface area contributed by atoms with Crippen LogP contribution in [0.15, 0.2) is 48.2 Å². The number of nitriles is 1. The Labute approximate surface area is 167 Å². The van der Waals surface area contributed by atoms with E-state index in [1.807, 2.05) is 6.07 Å². The number of piperazine rings is 1. The molecule has 1 N–H and O–H groups in total. The van der Waals surface area contributed by atoms with Gasteiger partial charge in [0.2, 0.25) is 0 Å². The van der Waals surface area contributed by atoms with E-state index in [4.69, 9.17) is 0 Å². The summed E-state index contributed by atoms with van der Waals surface area (Å²) >= 11 is 0.